The molecule has 0 saturated heterocycles. The van der Waals surface area contributed by atoms with Gasteiger partial charge in [0.25, 0.3) is 0 Å². The van der Waals surface area contributed by atoms with Crippen molar-refractivity contribution >= 4 is 15.9 Å². The average Bonchev–Trinajstić information content (AvgIpc) is 2.98. The summed E-state index contributed by atoms with van der Waals surface area (Å²) in [5.74, 6) is 1.62. The number of hydrogen-bond donors (Lipinski definition) is 1. The van der Waals surface area contributed by atoms with Crippen molar-refractivity contribution < 1.29 is 9.47 Å². The Balaban J connectivity index is 1.61. The van der Waals surface area contributed by atoms with Crippen molar-refractivity contribution in [1.82, 2.24) is 14.9 Å². The van der Waals surface area contributed by atoms with Gasteiger partial charge in [0, 0.05) is 31.5 Å². The summed E-state index contributed by atoms with van der Waals surface area (Å²) < 4.78 is 14.3. The van der Waals surface area contributed by atoms with Crippen molar-refractivity contribution in [2.24, 2.45) is 0 Å². The average molecular weight is 352 g/mol. The number of hydrogen-bond acceptors (Lipinski definition) is 4. The molecule has 1 atom stereocenters. The highest BCUT2D eigenvalue weighted by molar-refractivity contribution is 9.10. The molecule has 0 amide bonds. The van der Waals surface area contributed by atoms with Crippen LogP contribution in [0.2, 0.25) is 0 Å². The molecule has 2 heterocycles. The van der Waals surface area contributed by atoms with Crippen molar-refractivity contribution in [2.75, 3.05) is 13.2 Å². The zero-order chi connectivity index (χ0) is 14.7. The van der Waals surface area contributed by atoms with Crippen LogP contribution < -0.4 is 14.8 Å². The van der Waals surface area contributed by atoms with Gasteiger partial charge in [-0.15, -0.1) is 0 Å². The SMILES string of the molecule is CC(Cn1ccnc1)NCc1cc(Br)c2c(c1)OCCO2. The number of nitrogens with one attached hydrogen (secondary N) is 1. The monoisotopic (exact) mass is 351 g/mol. The van der Waals surface area contributed by atoms with Gasteiger partial charge < -0.3 is 19.4 Å². The number of imidazole rings is 1. The quantitative estimate of drug-likeness (QED) is 0.899. The maximum absolute atomic E-state index is 5.64. The molecular formula is C15H18BrN3O2. The fraction of sp³-hybridized carbons (Fsp3) is 0.400. The van der Waals surface area contributed by atoms with E-state index < -0.39 is 0 Å². The lowest BCUT2D eigenvalue weighted by Gasteiger charge is -2.21. The highest BCUT2D eigenvalue weighted by Gasteiger charge is 2.16. The molecule has 1 aliphatic rings. The molecule has 2 aromatic rings. The molecular weight excluding hydrogens is 334 g/mol. The van der Waals surface area contributed by atoms with Crippen LogP contribution in [0.25, 0.3) is 0 Å². The molecule has 1 N–H and O–H groups in total. The first kappa shape index (κ1) is 14.4. The predicted molar refractivity (Wildman–Crippen MR) is 83.7 cm³/mol. The molecule has 0 radical (unpaired) electrons. The van der Waals surface area contributed by atoms with Gasteiger partial charge in [-0.05, 0) is 40.5 Å². The molecule has 0 spiro atoms. The van der Waals surface area contributed by atoms with Gasteiger partial charge in [-0.2, -0.15) is 0 Å². The van der Waals surface area contributed by atoms with E-state index in [2.05, 4.69) is 43.8 Å². The Morgan fingerprint density at radius 1 is 1.38 bits per heavy atom. The first-order valence-electron chi connectivity index (χ1n) is 6.99. The maximum atomic E-state index is 5.64. The van der Waals surface area contributed by atoms with E-state index in [1.54, 1.807) is 6.20 Å². The van der Waals surface area contributed by atoms with Crippen molar-refractivity contribution in [1.29, 1.82) is 0 Å². The van der Waals surface area contributed by atoms with Crippen LogP contribution in [0.3, 0.4) is 0 Å². The van der Waals surface area contributed by atoms with Gasteiger partial charge in [0.15, 0.2) is 11.5 Å². The number of rotatable bonds is 5. The second-order valence-electron chi connectivity index (χ2n) is 5.14. The standard InChI is InChI=1S/C15H18BrN3O2/c1-11(9-19-3-2-17-10-19)18-8-12-6-13(16)15-14(7-12)20-4-5-21-15/h2-3,6-7,10-11,18H,4-5,8-9H2,1H3. The molecule has 21 heavy (non-hydrogen) atoms. The van der Waals surface area contributed by atoms with E-state index in [0.717, 1.165) is 29.1 Å². The van der Waals surface area contributed by atoms with Crippen molar-refractivity contribution in [2.45, 2.75) is 26.1 Å². The minimum absolute atomic E-state index is 0.353. The van der Waals surface area contributed by atoms with Crippen LogP contribution in [0, 0.1) is 0 Å². The lowest BCUT2D eigenvalue weighted by atomic mass is 10.2. The van der Waals surface area contributed by atoms with Gasteiger partial charge in [-0.25, -0.2) is 4.98 Å². The molecule has 1 aliphatic heterocycles. The molecule has 3 rings (SSSR count). The number of nitrogens with zero attached hydrogens (tertiary/aromatic N) is 2. The molecule has 0 bridgehead atoms. The number of halogens is 1. The minimum atomic E-state index is 0.353. The summed E-state index contributed by atoms with van der Waals surface area (Å²) in [7, 11) is 0. The molecule has 1 aromatic heterocycles. The van der Waals surface area contributed by atoms with E-state index in [9.17, 15) is 0 Å². The van der Waals surface area contributed by atoms with Crippen LogP contribution in [0.5, 0.6) is 11.5 Å². The van der Waals surface area contributed by atoms with E-state index in [-0.39, 0.29) is 0 Å². The van der Waals surface area contributed by atoms with Crippen LogP contribution in [0.15, 0.2) is 35.3 Å². The highest BCUT2D eigenvalue weighted by Crippen LogP contribution is 2.38. The lowest BCUT2D eigenvalue weighted by Crippen LogP contribution is -2.29. The van der Waals surface area contributed by atoms with Gasteiger partial charge >= 0.3 is 0 Å². The molecule has 5 nitrogen and oxygen atoms in total. The van der Waals surface area contributed by atoms with Gasteiger partial charge in [0.1, 0.15) is 13.2 Å². The van der Waals surface area contributed by atoms with E-state index in [1.807, 2.05) is 18.6 Å². The second kappa shape index (κ2) is 6.49. The van der Waals surface area contributed by atoms with Gasteiger partial charge in [0.05, 0.1) is 10.8 Å². The third kappa shape index (κ3) is 3.57. The van der Waals surface area contributed by atoms with Crippen LogP contribution in [0.4, 0.5) is 0 Å². The largest absolute Gasteiger partial charge is 0.486 e. The normalized spacial score (nSPS) is 15.0. The summed E-state index contributed by atoms with van der Waals surface area (Å²) in [4.78, 5) is 4.05. The summed E-state index contributed by atoms with van der Waals surface area (Å²) in [6.45, 7) is 5.04. The minimum Gasteiger partial charge on any atom is -0.486 e. The zero-order valence-corrected chi connectivity index (χ0v) is 13.5. The van der Waals surface area contributed by atoms with Crippen molar-refractivity contribution in [3.8, 4) is 11.5 Å². The number of ether oxygens (including phenoxy) is 2. The Morgan fingerprint density at radius 2 is 2.24 bits per heavy atom. The summed E-state index contributed by atoms with van der Waals surface area (Å²) in [6, 6.07) is 4.46. The van der Waals surface area contributed by atoms with Crippen LogP contribution in [0.1, 0.15) is 12.5 Å². The highest BCUT2D eigenvalue weighted by atomic mass is 79.9. The summed E-state index contributed by atoms with van der Waals surface area (Å²) in [5, 5.41) is 3.51. The number of aromatic nitrogens is 2. The van der Waals surface area contributed by atoms with Crippen LogP contribution >= 0.6 is 15.9 Å². The zero-order valence-electron chi connectivity index (χ0n) is 11.9. The van der Waals surface area contributed by atoms with Crippen molar-refractivity contribution in [3.05, 3.63) is 40.9 Å². The van der Waals surface area contributed by atoms with Gasteiger partial charge in [-0.3, -0.25) is 0 Å². The Hall–Kier alpha value is -1.53. The molecule has 1 aromatic carbocycles. The third-order valence-corrected chi connectivity index (χ3v) is 3.94. The van der Waals surface area contributed by atoms with Crippen LogP contribution in [-0.2, 0) is 13.1 Å². The summed E-state index contributed by atoms with van der Waals surface area (Å²) in [6.07, 6.45) is 5.60. The second-order valence-corrected chi connectivity index (χ2v) is 6.00. The van der Waals surface area contributed by atoms with Gasteiger partial charge in [-0.1, -0.05) is 0 Å². The lowest BCUT2D eigenvalue weighted by molar-refractivity contribution is 0.170. The van der Waals surface area contributed by atoms with E-state index >= 15 is 0 Å². The van der Waals surface area contributed by atoms with Crippen LogP contribution in [-0.4, -0.2) is 28.8 Å². The predicted octanol–water partition coefficient (Wildman–Crippen LogP) is 2.60. The Bertz CT molecular complexity index is 601. The molecule has 112 valence electrons. The third-order valence-electron chi connectivity index (χ3n) is 3.36. The Kier molecular flexibility index (Phi) is 4.45. The van der Waals surface area contributed by atoms with Crippen molar-refractivity contribution in [3.63, 3.8) is 0 Å². The van der Waals surface area contributed by atoms with E-state index in [0.29, 0.717) is 19.3 Å². The first-order valence-corrected chi connectivity index (χ1v) is 7.79. The fourth-order valence-electron chi connectivity index (χ4n) is 2.33. The summed E-state index contributed by atoms with van der Waals surface area (Å²) in [5.41, 5.74) is 1.17. The molecule has 6 heteroatoms. The Morgan fingerprint density at radius 3 is 3.05 bits per heavy atom. The number of fused-ring (bicyclic) bond motifs is 1. The van der Waals surface area contributed by atoms with E-state index in [1.165, 1.54) is 5.56 Å². The molecule has 1 unspecified atom stereocenters. The molecule has 0 aliphatic carbocycles. The topological polar surface area (TPSA) is 48.3 Å². The fourth-order valence-corrected chi connectivity index (χ4v) is 2.94. The summed E-state index contributed by atoms with van der Waals surface area (Å²) >= 11 is 3.54. The number of benzene rings is 1. The molecule has 0 fully saturated rings. The Labute approximate surface area is 132 Å². The van der Waals surface area contributed by atoms with Gasteiger partial charge in [0.2, 0.25) is 0 Å². The first-order chi connectivity index (χ1) is 10.2. The van der Waals surface area contributed by atoms with E-state index in [4.69, 9.17) is 9.47 Å². The smallest absolute Gasteiger partial charge is 0.175 e. The maximum Gasteiger partial charge on any atom is 0.175 e. The molecule has 0 saturated carbocycles.